The number of benzene rings is 2. The second kappa shape index (κ2) is 14.8. The maximum Gasteiger partial charge on any atom is 0.514 e. The van der Waals surface area contributed by atoms with Crippen LogP contribution in [0.2, 0.25) is 0 Å². The Morgan fingerprint density at radius 2 is 1.72 bits per heavy atom. The van der Waals surface area contributed by atoms with Crippen molar-refractivity contribution in [3.8, 4) is 17.2 Å². The maximum atomic E-state index is 11.9. The van der Waals surface area contributed by atoms with Crippen LogP contribution in [0.15, 0.2) is 45.6 Å². The van der Waals surface area contributed by atoms with E-state index in [4.69, 9.17) is 48.9 Å². The van der Waals surface area contributed by atoms with Gasteiger partial charge in [-0.25, -0.2) is 9.78 Å². The predicted molar refractivity (Wildman–Crippen MR) is 132 cm³/mol. The summed E-state index contributed by atoms with van der Waals surface area (Å²) in [5, 5.41) is 44.7. The number of carbonyl (C=O) groups excluding carboxylic acids is 1. The van der Waals surface area contributed by atoms with E-state index in [2.05, 4.69) is 9.72 Å². The van der Waals surface area contributed by atoms with Gasteiger partial charge in [0.15, 0.2) is 28.8 Å². The summed E-state index contributed by atoms with van der Waals surface area (Å²) >= 11 is 0. The zero-order valence-electron chi connectivity index (χ0n) is 21.0. The molecule has 1 fully saturated rings. The van der Waals surface area contributed by atoms with E-state index in [1.54, 1.807) is 24.3 Å². The van der Waals surface area contributed by atoms with Gasteiger partial charge in [0.05, 0.1) is 26.4 Å². The van der Waals surface area contributed by atoms with Crippen molar-refractivity contribution in [2.45, 2.75) is 37.6 Å². The van der Waals surface area contributed by atoms with Gasteiger partial charge < -0.3 is 53.6 Å². The first-order valence-corrected chi connectivity index (χ1v) is 12.1. The lowest BCUT2D eigenvalue weighted by atomic mass is 10.00. The normalized spacial score (nSPS) is 22.8. The molecule has 14 heteroatoms. The molecule has 0 aromatic heterocycles. The van der Waals surface area contributed by atoms with Crippen LogP contribution in [-0.2, 0) is 18.9 Å². The lowest BCUT2D eigenvalue weighted by Gasteiger charge is -2.37. The Labute approximate surface area is 222 Å². The Bertz CT molecular complexity index is 1210. The van der Waals surface area contributed by atoms with Crippen LogP contribution in [0.4, 0.5) is 4.79 Å². The van der Waals surface area contributed by atoms with Gasteiger partial charge in [0.1, 0.15) is 42.2 Å². The Morgan fingerprint density at radius 3 is 2.46 bits per heavy atom. The van der Waals surface area contributed by atoms with Crippen LogP contribution in [0.5, 0.6) is 5.75 Å². The van der Waals surface area contributed by atoms with Gasteiger partial charge in [0.25, 0.3) is 0 Å². The van der Waals surface area contributed by atoms with E-state index in [0.29, 0.717) is 42.4 Å². The van der Waals surface area contributed by atoms with E-state index in [1.165, 1.54) is 12.1 Å². The number of aliphatic hydroxyl groups excluding tert-OH is 5. The molecular weight excluding hydrogens is 522 g/mol. The van der Waals surface area contributed by atoms with E-state index in [0.717, 1.165) is 0 Å². The SMILES string of the molecule is CCOCCOCCOC(=O)Oc1cccc2oc3cc(=O)ccc-3nc12.OC[C@H]1O[C@@H](O)[C@H](O)[C@@H](O)[C@H]1O. The zero-order chi connectivity index (χ0) is 28.4. The molecule has 214 valence electrons. The summed E-state index contributed by atoms with van der Waals surface area (Å²) in [5.74, 6) is 0.561. The summed E-state index contributed by atoms with van der Waals surface area (Å²) in [4.78, 5) is 27.7. The minimum Gasteiger partial charge on any atom is -0.453 e. The summed E-state index contributed by atoms with van der Waals surface area (Å²) in [5.41, 5.74) is 1.05. The molecule has 0 saturated carbocycles. The fourth-order valence-electron chi connectivity index (χ4n) is 3.43. The van der Waals surface area contributed by atoms with Crippen molar-refractivity contribution in [3.63, 3.8) is 0 Å². The van der Waals surface area contributed by atoms with Crippen LogP contribution in [-0.4, -0.2) is 107 Å². The van der Waals surface area contributed by atoms with E-state index in [9.17, 15) is 9.59 Å². The molecule has 5 N–H and O–H groups in total. The number of aliphatic hydroxyl groups is 5. The quantitative estimate of drug-likeness (QED) is 0.0993. The summed E-state index contributed by atoms with van der Waals surface area (Å²) in [6, 6.07) is 9.20. The Morgan fingerprint density at radius 1 is 0.974 bits per heavy atom. The molecule has 2 heterocycles. The molecule has 0 amide bonds. The third-order valence-electron chi connectivity index (χ3n) is 5.43. The Hall–Kier alpha value is -3.21. The van der Waals surface area contributed by atoms with Gasteiger partial charge in [-0.15, -0.1) is 0 Å². The molecule has 5 atom stereocenters. The second-order valence-corrected chi connectivity index (χ2v) is 8.18. The molecule has 0 unspecified atom stereocenters. The molecule has 0 spiro atoms. The zero-order valence-corrected chi connectivity index (χ0v) is 21.0. The highest BCUT2D eigenvalue weighted by Gasteiger charge is 2.42. The van der Waals surface area contributed by atoms with Gasteiger partial charge >= 0.3 is 6.16 Å². The number of nitrogens with zero attached hydrogens (tertiary/aromatic N) is 1. The summed E-state index contributed by atoms with van der Waals surface area (Å²) < 4.78 is 30.8. The summed E-state index contributed by atoms with van der Waals surface area (Å²) in [6.07, 6.45) is -7.91. The first-order chi connectivity index (χ1) is 18.7. The van der Waals surface area contributed by atoms with E-state index < -0.39 is 43.5 Å². The van der Waals surface area contributed by atoms with Crippen molar-refractivity contribution in [1.82, 2.24) is 4.98 Å². The number of para-hydroxylation sites is 1. The summed E-state index contributed by atoms with van der Waals surface area (Å²) in [6.45, 7) is 3.23. The molecule has 39 heavy (non-hydrogen) atoms. The van der Waals surface area contributed by atoms with Gasteiger partial charge in [-0.3, -0.25) is 4.79 Å². The molecule has 4 rings (SSSR count). The van der Waals surface area contributed by atoms with Crippen molar-refractivity contribution in [2.75, 3.05) is 39.6 Å². The lowest BCUT2D eigenvalue weighted by Crippen LogP contribution is -2.58. The van der Waals surface area contributed by atoms with Crippen molar-refractivity contribution in [3.05, 3.63) is 46.6 Å². The van der Waals surface area contributed by atoms with Crippen molar-refractivity contribution in [2.24, 2.45) is 0 Å². The van der Waals surface area contributed by atoms with Crippen molar-refractivity contribution >= 4 is 17.3 Å². The topological polar surface area (TPSA) is 207 Å². The number of aromatic nitrogens is 1. The van der Waals surface area contributed by atoms with Gasteiger partial charge in [-0.2, -0.15) is 0 Å². The highest BCUT2D eigenvalue weighted by molar-refractivity contribution is 5.84. The van der Waals surface area contributed by atoms with E-state index in [1.807, 2.05) is 6.92 Å². The molecular formula is C25H31NO13. The molecule has 3 aliphatic rings. The second-order valence-electron chi connectivity index (χ2n) is 8.18. The Balaban J connectivity index is 0.000000293. The van der Waals surface area contributed by atoms with Crippen LogP contribution in [0, 0.1) is 0 Å². The highest BCUT2D eigenvalue weighted by Crippen LogP contribution is 2.29. The van der Waals surface area contributed by atoms with Gasteiger partial charge in [0, 0.05) is 12.7 Å². The summed E-state index contributed by atoms with van der Waals surface area (Å²) in [7, 11) is 0. The number of hydrogen-bond donors (Lipinski definition) is 5. The standard InChI is InChI=1S/C19H19NO7.C6H12O6/c1-2-23-8-9-24-10-11-25-19(22)27-16-5-3-4-15-18(16)20-14-7-6-13(21)12-17(14)26-15;7-1-2-3(8)4(9)5(10)6(11)12-2/h3-7,12H,2,8-11H2,1H3;2-11H,1H2/t;2-,3+,4+,5-,6-/m.1/s1. The fraction of sp³-hybridized carbons (Fsp3) is 0.480. The van der Waals surface area contributed by atoms with Crippen LogP contribution >= 0.6 is 0 Å². The monoisotopic (exact) mass is 553 g/mol. The average Bonchev–Trinajstić information content (AvgIpc) is 2.93. The number of rotatable bonds is 9. The van der Waals surface area contributed by atoms with Crippen molar-refractivity contribution in [1.29, 1.82) is 0 Å². The molecule has 1 aromatic rings. The first-order valence-electron chi connectivity index (χ1n) is 12.1. The largest absolute Gasteiger partial charge is 0.514 e. The molecule has 1 aliphatic carbocycles. The smallest absolute Gasteiger partial charge is 0.453 e. The van der Waals surface area contributed by atoms with Gasteiger partial charge in [-0.1, -0.05) is 6.07 Å². The van der Waals surface area contributed by atoms with Gasteiger partial charge in [-0.05, 0) is 31.2 Å². The molecule has 14 nitrogen and oxygen atoms in total. The number of fused-ring (bicyclic) bond motifs is 2. The van der Waals surface area contributed by atoms with Crippen LogP contribution in [0.1, 0.15) is 6.92 Å². The molecule has 0 radical (unpaired) electrons. The maximum absolute atomic E-state index is 11.9. The number of carbonyl (C=O) groups is 1. The minimum absolute atomic E-state index is 0.0583. The number of ether oxygens (including phenoxy) is 5. The van der Waals surface area contributed by atoms with Crippen LogP contribution in [0.3, 0.4) is 0 Å². The van der Waals surface area contributed by atoms with Crippen LogP contribution in [0.25, 0.3) is 22.6 Å². The van der Waals surface area contributed by atoms with Crippen molar-refractivity contribution < 1.29 is 58.4 Å². The first kappa shape index (κ1) is 30.3. The molecule has 0 bridgehead atoms. The molecule has 1 aromatic carbocycles. The van der Waals surface area contributed by atoms with Crippen LogP contribution < -0.4 is 10.2 Å². The molecule has 2 aliphatic heterocycles. The highest BCUT2D eigenvalue weighted by atomic mass is 16.7. The van der Waals surface area contributed by atoms with E-state index >= 15 is 0 Å². The number of hydrogen-bond acceptors (Lipinski definition) is 14. The van der Waals surface area contributed by atoms with Gasteiger partial charge in [0.2, 0.25) is 0 Å². The predicted octanol–water partition coefficient (Wildman–Crippen LogP) is -0.360. The Kier molecular flexibility index (Phi) is 11.5. The molecule has 1 saturated heterocycles. The third-order valence-corrected chi connectivity index (χ3v) is 5.43. The third kappa shape index (κ3) is 8.39. The fourth-order valence-corrected chi connectivity index (χ4v) is 3.43. The average molecular weight is 554 g/mol. The minimum atomic E-state index is -1.57. The van der Waals surface area contributed by atoms with E-state index in [-0.39, 0.29) is 24.4 Å². The lowest BCUT2D eigenvalue weighted by molar-refractivity contribution is -0.286.